The van der Waals surface area contributed by atoms with E-state index in [0.29, 0.717) is 5.75 Å². The van der Waals surface area contributed by atoms with E-state index in [1.807, 2.05) is 44.7 Å². The Bertz CT molecular complexity index is 475. The fourth-order valence-electron chi connectivity index (χ4n) is 2.27. The molecule has 1 aromatic rings. The topological polar surface area (TPSA) is 57.6 Å². The van der Waals surface area contributed by atoms with Crippen LogP contribution in [0, 0.1) is 0 Å². The number of rotatable bonds is 7. The van der Waals surface area contributed by atoms with Crippen LogP contribution in [0.4, 0.5) is 0 Å². The van der Waals surface area contributed by atoms with Gasteiger partial charge in [0.1, 0.15) is 0 Å². The van der Waals surface area contributed by atoms with Gasteiger partial charge in [0.15, 0.2) is 0 Å². The van der Waals surface area contributed by atoms with Crippen LogP contribution < -0.4 is 0 Å². The van der Waals surface area contributed by atoms with Crippen LogP contribution in [0.25, 0.3) is 0 Å². The maximum absolute atomic E-state index is 12.2. The van der Waals surface area contributed by atoms with Crippen LogP contribution in [0.5, 0.6) is 0 Å². The SMILES string of the molecule is CC(C)N(C(=O)CSc1ccc(CC(=O)O)cc1)C(C)C. The molecule has 0 aliphatic rings. The second-order valence-corrected chi connectivity index (χ2v) is 6.54. The van der Waals surface area contributed by atoms with Gasteiger partial charge in [-0.25, -0.2) is 0 Å². The van der Waals surface area contributed by atoms with Gasteiger partial charge in [-0.15, -0.1) is 11.8 Å². The molecule has 0 saturated carbocycles. The van der Waals surface area contributed by atoms with Crippen LogP contribution in [-0.2, 0) is 16.0 Å². The van der Waals surface area contributed by atoms with Crippen molar-refractivity contribution in [1.82, 2.24) is 4.90 Å². The number of benzene rings is 1. The number of carbonyl (C=O) groups excluding carboxylic acids is 1. The average molecular weight is 309 g/mol. The van der Waals surface area contributed by atoms with Gasteiger partial charge in [0.05, 0.1) is 12.2 Å². The Hall–Kier alpha value is -1.49. The van der Waals surface area contributed by atoms with Gasteiger partial charge in [-0.2, -0.15) is 0 Å². The molecule has 0 aliphatic heterocycles. The van der Waals surface area contributed by atoms with E-state index in [0.717, 1.165) is 10.5 Å². The number of hydrogen-bond donors (Lipinski definition) is 1. The molecule has 1 N–H and O–H groups in total. The van der Waals surface area contributed by atoms with E-state index < -0.39 is 5.97 Å². The predicted octanol–water partition coefficient (Wildman–Crippen LogP) is 3.05. The van der Waals surface area contributed by atoms with E-state index in [9.17, 15) is 9.59 Å². The molecule has 0 radical (unpaired) electrons. The Morgan fingerprint density at radius 1 is 1.10 bits per heavy atom. The first-order chi connectivity index (χ1) is 9.81. The lowest BCUT2D eigenvalue weighted by molar-refractivity contribution is -0.136. The fourth-order valence-corrected chi connectivity index (χ4v) is 3.04. The third kappa shape index (κ3) is 5.79. The molecule has 0 atom stereocenters. The Morgan fingerprint density at radius 2 is 1.62 bits per heavy atom. The second-order valence-electron chi connectivity index (χ2n) is 5.49. The first kappa shape index (κ1) is 17.6. The second kappa shape index (κ2) is 8.08. The number of carbonyl (C=O) groups is 2. The van der Waals surface area contributed by atoms with Crippen LogP contribution in [0.2, 0.25) is 0 Å². The predicted molar refractivity (Wildman–Crippen MR) is 85.6 cm³/mol. The first-order valence-electron chi connectivity index (χ1n) is 7.06. The average Bonchev–Trinajstić information content (AvgIpc) is 2.36. The number of aliphatic carboxylic acids is 1. The highest BCUT2D eigenvalue weighted by Gasteiger charge is 2.19. The largest absolute Gasteiger partial charge is 0.481 e. The number of carboxylic acid groups (broad SMARTS) is 1. The maximum atomic E-state index is 12.2. The molecule has 1 aromatic carbocycles. The monoisotopic (exact) mass is 309 g/mol. The molecular formula is C16H23NO3S. The number of thioether (sulfide) groups is 1. The summed E-state index contributed by atoms with van der Waals surface area (Å²) < 4.78 is 0. The smallest absolute Gasteiger partial charge is 0.307 e. The number of nitrogens with zero attached hydrogens (tertiary/aromatic N) is 1. The molecule has 0 fully saturated rings. The summed E-state index contributed by atoms with van der Waals surface area (Å²) >= 11 is 1.48. The summed E-state index contributed by atoms with van der Waals surface area (Å²) in [6, 6.07) is 7.70. The molecular weight excluding hydrogens is 286 g/mol. The summed E-state index contributed by atoms with van der Waals surface area (Å²) in [6.07, 6.45) is 0.0261. The molecule has 0 saturated heterocycles. The molecule has 0 bridgehead atoms. The van der Waals surface area contributed by atoms with Crippen molar-refractivity contribution in [1.29, 1.82) is 0 Å². The van der Waals surface area contributed by atoms with Crippen molar-refractivity contribution < 1.29 is 14.7 Å². The molecule has 0 spiro atoms. The highest BCUT2D eigenvalue weighted by atomic mass is 32.2. The van der Waals surface area contributed by atoms with Crippen LogP contribution in [0.1, 0.15) is 33.3 Å². The lowest BCUT2D eigenvalue weighted by atomic mass is 10.2. The van der Waals surface area contributed by atoms with Gasteiger partial charge in [-0.05, 0) is 45.4 Å². The van der Waals surface area contributed by atoms with Gasteiger partial charge in [0.25, 0.3) is 0 Å². The van der Waals surface area contributed by atoms with E-state index in [1.54, 1.807) is 12.1 Å². The molecule has 4 nitrogen and oxygen atoms in total. The van der Waals surface area contributed by atoms with Crippen LogP contribution in [0.3, 0.4) is 0 Å². The number of amides is 1. The van der Waals surface area contributed by atoms with Gasteiger partial charge in [0.2, 0.25) is 5.91 Å². The standard InChI is InChI=1S/C16H23NO3S/c1-11(2)17(12(3)4)15(18)10-21-14-7-5-13(6-8-14)9-16(19)20/h5-8,11-12H,9-10H2,1-4H3,(H,19,20). The van der Waals surface area contributed by atoms with Gasteiger partial charge < -0.3 is 10.0 Å². The summed E-state index contributed by atoms with van der Waals surface area (Å²) in [5, 5.41) is 8.72. The third-order valence-electron chi connectivity index (χ3n) is 3.04. The van der Waals surface area contributed by atoms with Gasteiger partial charge in [0, 0.05) is 17.0 Å². The number of carboxylic acids is 1. The molecule has 5 heteroatoms. The zero-order valence-corrected chi connectivity index (χ0v) is 13.8. The summed E-state index contributed by atoms with van der Waals surface area (Å²) in [5.74, 6) is -0.316. The minimum absolute atomic E-state index is 0.0261. The van der Waals surface area contributed by atoms with Crippen molar-refractivity contribution in [2.24, 2.45) is 0 Å². The van der Waals surface area contributed by atoms with E-state index >= 15 is 0 Å². The summed E-state index contributed by atoms with van der Waals surface area (Å²) in [4.78, 5) is 25.7. The Balaban J connectivity index is 2.58. The van der Waals surface area contributed by atoms with Crippen molar-refractivity contribution >= 4 is 23.6 Å². The lowest BCUT2D eigenvalue weighted by Gasteiger charge is -2.30. The molecule has 1 rings (SSSR count). The van der Waals surface area contributed by atoms with Gasteiger partial charge >= 0.3 is 5.97 Å². The normalized spacial score (nSPS) is 11.0. The van der Waals surface area contributed by atoms with Crippen molar-refractivity contribution in [2.45, 2.75) is 51.1 Å². The molecule has 21 heavy (non-hydrogen) atoms. The molecule has 0 aliphatic carbocycles. The Kier molecular flexibility index (Phi) is 6.75. The van der Waals surface area contributed by atoms with Crippen molar-refractivity contribution in [3.8, 4) is 0 Å². The van der Waals surface area contributed by atoms with E-state index in [-0.39, 0.29) is 24.4 Å². The van der Waals surface area contributed by atoms with Crippen molar-refractivity contribution in [3.63, 3.8) is 0 Å². The minimum Gasteiger partial charge on any atom is -0.481 e. The zero-order valence-electron chi connectivity index (χ0n) is 13.0. The highest BCUT2D eigenvalue weighted by molar-refractivity contribution is 8.00. The van der Waals surface area contributed by atoms with E-state index in [4.69, 9.17) is 5.11 Å². The Labute approximate surface area is 130 Å². The first-order valence-corrected chi connectivity index (χ1v) is 8.04. The van der Waals surface area contributed by atoms with E-state index in [2.05, 4.69) is 0 Å². The summed E-state index contributed by atoms with van der Waals surface area (Å²) in [7, 11) is 0. The van der Waals surface area contributed by atoms with Crippen molar-refractivity contribution in [3.05, 3.63) is 29.8 Å². The van der Waals surface area contributed by atoms with E-state index in [1.165, 1.54) is 11.8 Å². The third-order valence-corrected chi connectivity index (χ3v) is 4.04. The van der Waals surface area contributed by atoms with Gasteiger partial charge in [-0.1, -0.05) is 12.1 Å². The molecule has 0 unspecified atom stereocenters. The molecule has 0 heterocycles. The van der Waals surface area contributed by atoms with Crippen LogP contribution in [0.15, 0.2) is 29.2 Å². The summed E-state index contributed by atoms with van der Waals surface area (Å²) in [5.41, 5.74) is 0.768. The van der Waals surface area contributed by atoms with Crippen LogP contribution in [-0.4, -0.2) is 39.7 Å². The summed E-state index contributed by atoms with van der Waals surface area (Å²) in [6.45, 7) is 8.07. The molecule has 1 amide bonds. The lowest BCUT2D eigenvalue weighted by Crippen LogP contribution is -2.43. The maximum Gasteiger partial charge on any atom is 0.307 e. The van der Waals surface area contributed by atoms with Gasteiger partial charge in [-0.3, -0.25) is 9.59 Å². The molecule has 116 valence electrons. The quantitative estimate of drug-likeness (QED) is 0.787. The molecule has 0 aromatic heterocycles. The van der Waals surface area contributed by atoms with Crippen LogP contribution >= 0.6 is 11.8 Å². The fraction of sp³-hybridized carbons (Fsp3) is 0.500. The zero-order chi connectivity index (χ0) is 16.0. The minimum atomic E-state index is -0.838. The highest BCUT2D eigenvalue weighted by Crippen LogP contribution is 2.20. The Morgan fingerprint density at radius 3 is 2.05 bits per heavy atom. The van der Waals surface area contributed by atoms with Crippen molar-refractivity contribution in [2.75, 3.05) is 5.75 Å². The number of hydrogen-bond acceptors (Lipinski definition) is 3.